The third kappa shape index (κ3) is 6.93. The van der Waals surface area contributed by atoms with Gasteiger partial charge >= 0.3 is 6.18 Å². The molecule has 0 radical (unpaired) electrons. The smallest absolute Gasteiger partial charge is 0.311 e. The lowest BCUT2D eigenvalue weighted by Crippen LogP contribution is -2.57. The molecule has 2 nitrogen and oxygen atoms in total. The second-order valence-electron chi connectivity index (χ2n) is 6.88. The minimum atomic E-state index is -4.05. The summed E-state index contributed by atoms with van der Waals surface area (Å²) in [7, 11) is 0. The summed E-state index contributed by atoms with van der Waals surface area (Å²) in [4.78, 5) is 2.05. The Hall–Kier alpha value is -0.290. The van der Waals surface area contributed by atoms with Crippen molar-refractivity contribution in [1.82, 2.24) is 10.2 Å². The summed E-state index contributed by atoms with van der Waals surface area (Å²) in [5, 5.41) is 3.51. The van der Waals surface area contributed by atoms with Crippen molar-refractivity contribution in [3.63, 3.8) is 0 Å². The molecular weight excluding hydrogens is 265 g/mol. The molecule has 1 saturated heterocycles. The Morgan fingerprint density at radius 3 is 2.20 bits per heavy atom. The van der Waals surface area contributed by atoms with Gasteiger partial charge in [-0.15, -0.1) is 0 Å². The first-order valence-electron chi connectivity index (χ1n) is 7.71. The number of alkyl halides is 3. The maximum absolute atomic E-state index is 12.5. The zero-order chi connectivity index (χ0) is 15.3. The number of rotatable bonds is 6. The summed E-state index contributed by atoms with van der Waals surface area (Å²) in [6, 6.07) is 0.562. The van der Waals surface area contributed by atoms with Crippen LogP contribution >= 0.6 is 0 Å². The van der Waals surface area contributed by atoms with Crippen LogP contribution in [0.5, 0.6) is 0 Å². The molecule has 0 aromatic rings. The molecule has 2 atom stereocenters. The minimum absolute atomic E-state index is 0.136. The second kappa shape index (κ2) is 7.64. The van der Waals surface area contributed by atoms with Crippen molar-refractivity contribution < 1.29 is 13.2 Å². The fourth-order valence-electron chi connectivity index (χ4n) is 2.98. The molecule has 0 bridgehead atoms. The number of nitrogens with one attached hydrogen (secondary N) is 1. The van der Waals surface area contributed by atoms with E-state index in [0.29, 0.717) is 17.9 Å². The van der Waals surface area contributed by atoms with Crippen molar-refractivity contribution in [3.8, 4) is 0 Å². The Bertz CT molecular complexity index is 277. The number of piperazine rings is 1. The summed E-state index contributed by atoms with van der Waals surface area (Å²) in [6.07, 6.45) is -2.77. The van der Waals surface area contributed by atoms with Gasteiger partial charge < -0.3 is 5.32 Å². The van der Waals surface area contributed by atoms with Gasteiger partial charge in [0.15, 0.2) is 0 Å². The lowest BCUT2D eigenvalue weighted by molar-refractivity contribution is -0.140. The maximum Gasteiger partial charge on any atom is 0.390 e. The SMILES string of the molecule is CC(C)CC1CN(CCC(F)(F)F)C(CC(C)C)CN1. The van der Waals surface area contributed by atoms with Crippen LogP contribution in [0.2, 0.25) is 0 Å². The molecule has 1 aliphatic rings. The molecule has 120 valence electrons. The highest BCUT2D eigenvalue weighted by Gasteiger charge is 2.33. The van der Waals surface area contributed by atoms with Gasteiger partial charge in [0.1, 0.15) is 0 Å². The number of nitrogens with zero attached hydrogens (tertiary/aromatic N) is 1. The first-order valence-corrected chi connectivity index (χ1v) is 7.71. The molecule has 0 spiro atoms. The summed E-state index contributed by atoms with van der Waals surface area (Å²) < 4.78 is 37.4. The summed E-state index contributed by atoms with van der Waals surface area (Å²) in [5.41, 5.74) is 0. The van der Waals surface area contributed by atoms with Gasteiger partial charge in [0.2, 0.25) is 0 Å². The van der Waals surface area contributed by atoms with E-state index in [1.54, 1.807) is 0 Å². The van der Waals surface area contributed by atoms with Crippen LogP contribution in [-0.2, 0) is 0 Å². The van der Waals surface area contributed by atoms with Gasteiger partial charge in [-0.3, -0.25) is 4.90 Å². The Labute approximate surface area is 121 Å². The first kappa shape index (κ1) is 17.8. The van der Waals surface area contributed by atoms with Crippen molar-refractivity contribution in [2.45, 2.75) is 65.2 Å². The van der Waals surface area contributed by atoms with E-state index in [0.717, 1.165) is 25.9 Å². The van der Waals surface area contributed by atoms with E-state index in [4.69, 9.17) is 0 Å². The highest BCUT2D eigenvalue weighted by atomic mass is 19.4. The minimum Gasteiger partial charge on any atom is -0.311 e. The van der Waals surface area contributed by atoms with E-state index in [-0.39, 0.29) is 12.6 Å². The number of hydrogen-bond acceptors (Lipinski definition) is 2. The maximum atomic E-state index is 12.5. The van der Waals surface area contributed by atoms with Crippen molar-refractivity contribution in [2.24, 2.45) is 11.8 Å². The molecule has 0 aromatic carbocycles. The second-order valence-corrected chi connectivity index (χ2v) is 6.88. The van der Waals surface area contributed by atoms with Gasteiger partial charge in [0.25, 0.3) is 0 Å². The van der Waals surface area contributed by atoms with Crippen LogP contribution < -0.4 is 5.32 Å². The number of halogens is 3. The predicted molar refractivity (Wildman–Crippen MR) is 76.7 cm³/mol. The van der Waals surface area contributed by atoms with E-state index >= 15 is 0 Å². The van der Waals surface area contributed by atoms with Gasteiger partial charge in [-0.1, -0.05) is 27.7 Å². The van der Waals surface area contributed by atoms with Crippen LogP contribution in [0.4, 0.5) is 13.2 Å². The van der Waals surface area contributed by atoms with Crippen LogP contribution in [-0.4, -0.2) is 42.8 Å². The summed E-state index contributed by atoms with van der Waals surface area (Å²) in [6.45, 7) is 10.3. The summed E-state index contributed by atoms with van der Waals surface area (Å²) >= 11 is 0. The van der Waals surface area contributed by atoms with Gasteiger partial charge in [-0.05, 0) is 24.7 Å². The zero-order valence-corrected chi connectivity index (χ0v) is 13.1. The van der Waals surface area contributed by atoms with Gasteiger partial charge in [0, 0.05) is 31.7 Å². The first-order chi connectivity index (χ1) is 9.17. The fraction of sp³-hybridized carbons (Fsp3) is 1.00. The Kier molecular flexibility index (Phi) is 6.79. The lowest BCUT2D eigenvalue weighted by Gasteiger charge is -2.42. The van der Waals surface area contributed by atoms with Crippen LogP contribution in [0.3, 0.4) is 0 Å². The number of hydrogen-bond donors (Lipinski definition) is 1. The van der Waals surface area contributed by atoms with Gasteiger partial charge in [0.05, 0.1) is 6.42 Å². The molecule has 20 heavy (non-hydrogen) atoms. The van der Waals surface area contributed by atoms with Crippen molar-refractivity contribution >= 4 is 0 Å². The third-order valence-electron chi connectivity index (χ3n) is 3.80. The average Bonchev–Trinajstić information content (AvgIpc) is 2.26. The van der Waals surface area contributed by atoms with E-state index in [1.165, 1.54) is 0 Å². The van der Waals surface area contributed by atoms with E-state index < -0.39 is 12.6 Å². The molecule has 5 heteroatoms. The van der Waals surface area contributed by atoms with Crippen LogP contribution in [0, 0.1) is 11.8 Å². The summed E-state index contributed by atoms with van der Waals surface area (Å²) in [5.74, 6) is 1.08. The molecule has 2 unspecified atom stereocenters. The molecule has 0 aromatic heterocycles. The van der Waals surface area contributed by atoms with Crippen LogP contribution in [0.25, 0.3) is 0 Å². The monoisotopic (exact) mass is 294 g/mol. The van der Waals surface area contributed by atoms with E-state index in [9.17, 15) is 13.2 Å². The van der Waals surface area contributed by atoms with Crippen LogP contribution in [0.1, 0.15) is 47.0 Å². The quantitative estimate of drug-likeness (QED) is 0.804. The fourth-order valence-corrected chi connectivity index (χ4v) is 2.98. The van der Waals surface area contributed by atoms with Crippen molar-refractivity contribution in [1.29, 1.82) is 0 Å². The normalized spacial score (nSPS) is 25.6. The molecule has 1 N–H and O–H groups in total. The standard InChI is InChI=1S/C15H29F3N2/c1-11(2)7-13-10-20(6-5-15(16,17)18)14(9-19-13)8-12(3)4/h11-14,19H,5-10H2,1-4H3. The van der Waals surface area contributed by atoms with Gasteiger partial charge in [-0.25, -0.2) is 0 Å². The Balaban J connectivity index is 2.57. The highest BCUT2D eigenvalue weighted by Crippen LogP contribution is 2.23. The van der Waals surface area contributed by atoms with Crippen LogP contribution in [0.15, 0.2) is 0 Å². The topological polar surface area (TPSA) is 15.3 Å². The lowest BCUT2D eigenvalue weighted by atomic mass is 9.95. The molecule has 1 rings (SSSR count). The predicted octanol–water partition coefficient (Wildman–Crippen LogP) is 3.67. The highest BCUT2D eigenvalue weighted by molar-refractivity contribution is 4.87. The molecule has 1 heterocycles. The molecular formula is C15H29F3N2. The van der Waals surface area contributed by atoms with Gasteiger partial charge in [-0.2, -0.15) is 13.2 Å². The molecule has 0 saturated carbocycles. The molecule has 0 aliphatic carbocycles. The molecule has 1 fully saturated rings. The van der Waals surface area contributed by atoms with Crippen molar-refractivity contribution in [3.05, 3.63) is 0 Å². The largest absolute Gasteiger partial charge is 0.390 e. The third-order valence-corrected chi connectivity index (χ3v) is 3.80. The van der Waals surface area contributed by atoms with E-state index in [2.05, 4.69) is 37.9 Å². The Morgan fingerprint density at radius 1 is 1.10 bits per heavy atom. The average molecular weight is 294 g/mol. The van der Waals surface area contributed by atoms with Crippen molar-refractivity contribution in [2.75, 3.05) is 19.6 Å². The molecule has 0 amide bonds. The zero-order valence-electron chi connectivity index (χ0n) is 13.1. The Morgan fingerprint density at radius 2 is 1.70 bits per heavy atom. The molecule has 1 aliphatic heterocycles. The van der Waals surface area contributed by atoms with E-state index in [1.807, 2.05) is 0 Å².